The normalized spacial score (nSPS) is 9.90. The van der Waals surface area contributed by atoms with Gasteiger partial charge in [-0.05, 0) is 42.7 Å². The molecule has 0 aliphatic carbocycles. The molecule has 0 aromatic heterocycles. The number of hydrogen-bond donors (Lipinski definition) is 0. The van der Waals surface area contributed by atoms with E-state index < -0.39 is 5.97 Å². The van der Waals surface area contributed by atoms with E-state index in [4.69, 9.17) is 4.74 Å². The fourth-order valence-electron chi connectivity index (χ4n) is 2.02. The lowest BCUT2D eigenvalue weighted by Gasteiger charge is -2.08. The van der Waals surface area contributed by atoms with Gasteiger partial charge < -0.3 is 4.74 Å². The van der Waals surface area contributed by atoms with Crippen molar-refractivity contribution in [1.29, 1.82) is 5.26 Å². The van der Waals surface area contributed by atoms with Crippen LogP contribution >= 0.6 is 0 Å². The molecule has 3 heteroatoms. The highest BCUT2D eigenvalue weighted by molar-refractivity contribution is 5.91. The van der Waals surface area contributed by atoms with Gasteiger partial charge in [-0.3, -0.25) is 0 Å². The van der Waals surface area contributed by atoms with Gasteiger partial charge in [0.05, 0.1) is 11.1 Å². The predicted molar refractivity (Wildman–Crippen MR) is 81.2 cm³/mol. The summed E-state index contributed by atoms with van der Waals surface area (Å²) in [4.78, 5) is 12.0. The summed E-state index contributed by atoms with van der Waals surface area (Å²) < 4.78 is 5.32. The highest BCUT2D eigenvalue weighted by Gasteiger charge is 2.11. The Morgan fingerprint density at radius 1 is 1.19 bits per heavy atom. The van der Waals surface area contributed by atoms with Crippen molar-refractivity contribution in [1.82, 2.24) is 0 Å². The van der Waals surface area contributed by atoms with Crippen LogP contribution in [0.25, 0.3) is 0 Å². The molecule has 0 unspecified atom stereocenters. The molecule has 0 atom stereocenters. The van der Waals surface area contributed by atoms with Crippen LogP contribution in [0.5, 0.6) is 5.75 Å². The third-order valence-corrected chi connectivity index (χ3v) is 3.20. The number of nitrogens with zero attached hydrogens (tertiary/aromatic N) is 1. The first kappa shape index (κ1) is 14.8. The number of hydrogen-bond acceptors (Lipinski definition) is 3. The highest BCUT2D eigenvalue weighted by Crippen LogP contribution is 2.21. The molecule has 106 valence electrons. The minimum absolute atomic E-state index is 0.312. The number of benzene rings is 2. The Labute approximate surface area is 124 Å². The van der Waals surface area contributed by atoms with Gasteiger partial charge >= 0.3 is 5.97 Å². The summed E-state index contributed by atoms with van der Waals surface area (Å²) in [5.41, 5.74) is 1.96. The minimum Gasteiger partial charge on any atom is -0.422 e. The first-order chi connectivity index (χ1) is 10.2. The summed E-state index contributed by atoms with van der Waals surface area (Å²) in [5.74, 6) is -0.139. The zero-order valence-corrected chi connectivity index (χ0v) is 12.0. The van der Waals surface area contributed by atoms with Crippen molar-refractivity contribution in [2.24, 2.45) is 0 Å². The third kappa shape index (κ3) is 3.93. The number of unbranched alkanes of at least 4 members (excludes halogenated alkanes) is 1. The van der Waals surface area contributed by atoms with Crippen LogP contribution in [-0.4, -0.2) is 5.97 Å². The number of aryl methyl sites for hydroxylation is 1. The third-order valence-electron chi connectivity index (χ3n) is 3.20. The smallest absolute Gasteiger partial charge is 0.343 e. The zero-order valence-electron chi connectivity index (χ0n) is 12.0. The Bertz CT molecular complexity index is 657. The Morgan fingerprint density at radius 2 is 1.95 bits per heavy atom. The van der Waals surface area contributed by atoms with E-state index in [1.54, 1.807) is 36.4 Å². The number of ether oxygens (including phenoxy) is 1. The van der Waals surface area contributed by atoms with Crippen LogP contribution in [0.2, 0.25) is 0 Å². The molecule has 0 radical (unpaired) electrons. The quantitative estimate of drug-likeness (QED) is 0.611. The molecule has 2 aromatic rings. The molecule has 2 rings (SSSR count). The van der Waals surface area contributed by atoms with E-state index in [0.717, 1.165) is 24.8 Å². The van der Waals surface area contributed by atoms with Gasteiger partial charge in [-0.1, -0.05) is 37.6 Å². The van der Waals surface area contributed by atoms with Crippen molar-refractivity contribution in [3.63, 3.8) is 0 Å². The summed E-state index contributed by atoms with van der Waals surface area (Å²) in [6.07, 6.45) is 3.11. The SMILES string of the molecule is CCCCc1ccc(OC(=O)c2ccccc2)c(C#N)c1. The van der Waals surface area contributed by atoms with Gasteiger partial charge in [0.2, 0.25) is 0 Å². The van der Waals surface area contributed by atoms with Gasteiger partial charge in [0.1, 0.15) is 11.8 Å². The van der Waals surface area contributed by atoms with Crippen LogP contribution in [-0.2, 0) is 6.42 Å². The Kier molecular flexibility index (Phi) is 5.11. The van der Waals surface area contributed by atoms with Crippen LogP contribution in [0.3, 0.4) is 0 Å². The molecule has 0 amide bonds. The molecule has 21 heavy (non-hydrogen) atoms. The van der Waals surface area contributed by atoms with Crippen LogP contribution in [0.15, 0.2) is 48.5 Å². The molecule has 2 aromatic carbocycles. The highest BCUT2D eigenvalue weighted by atomic mass is 16.5. The Balaban J connectivity index is 2.17. The van der Waals surface area contributed by atoms with Crippen LogP contribution in [0, 0.1) is 11.3 Å². The topological polar surface area (TPSA) is 50.1 Å². The van der Waals surface area contributed by atoms with Gasteiger partial charge in [-0.25, -0.2) is 4.79 Å². The van der Waals surface area contributed by atoms with E-state index in [1.807, 2.05) is 12.1 Å². The van der Waals surface area contributed by atoms with Crippen molar-refractivity contribution in [3.05, 3.63) is 65.2 Å². The van der Waals surface area contributed by atoms with Gasteiger partial charge in [0.15, 0.2) is 0 Å². The van der Waals surface area contributed by atoms with E-state index in [2.05, 4.69) is 13.0 Å². The van der Waals surface area contributed by atoms with E-state index in [0.29, 0.717) is 16.9 Å². The van der Waals surface area contributed by atoms with Gasteiger partial charge in [-0.2, -0.15) is 5.26 Å². The molecule has 0 saturated heterocycles. The Hall–Kier alpha value is -2.60. The molecule has 0 aliphatic heterocycles. The standard InChI is InChI=1S/C18H17NO2/c1-2-3-7-14-10-11-17(16(12-14)13-19)21-18(20)15-8-5-4-6-9-15/h4-6,8-12H,2-3,7H2,1H3. The van der Waals surface area contributed by atoms with Gasteiger partial charge in [-0.15, -0.1) is 0 Å². The molecule has 0 N–H and O–H groups in total. The molecule has 0 bridgehead atoms. The van der Waals surface area contributed by atoms with Crippen molar-refractivity contribution in [2.45, 2.75) is 26.2 Å². The zero-order chi connectivity index (χ0) is 15.1. The van der Waals surface area contributed by atoms with E-state index in [9.17, 15) is 10.1 Å². The lowest BCUT2D eigenvalue weighted by molar-refractivity contribution is 0.0734. The second kappa shape index (κ2) is 7.25. The number of rotatable bonds is 5. The summed E-state index contributed by atoms with van der Waals surface area (Å²) >= 11 is 0. The fraction of sp³-hybridized carbons (Fsp3) is 0.222. The van der Waals surface area contributed by atoms with Crippen molar-refractivity contribution < 1.29 is 9.53 Å². The molecule has 0 heterocycles. The maximum Gasteiger partial charge on any atom is 0.343 e. The predicted octanol–water partition coefficient (Wildman–Crippen LogP) is 4.12. The van der Waals surface area contributed by atoms with Crippen molar-refractivity contribution in [3.8, 4) is 11.8 Å². The number of carbonyl (C=O) groups excluding carboxylic acids is 1. The fourth-order valence-corrected chi connectivity index (χ4v) is 2.02. The molecule has 0 fully saturated rings. The van der Waals surface area contributed by atoms with E-state index >= 15 is 0 Å². The molecule has 0 aliphatic rings. The van der Waals surface area contributed by atoms with Crippen LogP contribution in [0.1, 0.15) is 41.3 Å². The monoisotopic (exact) mass is 279 g/mol. The average molecular weight is 279 g/mol. The average Bonchev–Trinajstić information content (AvgIpc) is 2.54. The maximum absolute atomic E-state index is 12.0. The summed E-state index contributed by atoms with van der Waals surface area (Å²) in [6, 6.07) is 16.2. The molecule has 0 saturated carbocycles. The summed E-state index contributed by atoms with van der Waals surface area (Å²) in [5, 5.41) is 9.21. The molecule has 3 nitrogen and oxygen atoms in total. The van der Waals surface area contributed by atoms with E-state index in [-0.39, 0.29) is 0 Å². The Morgan fingerprint density at radius 3 is 2.62 bits per heavy atom. The second-order valence-corrected chi connectivity index (χ2v) is 4.80. The maximum atomic E-state index is 12.0. The minimum atomic E-state index is -0.451. The van der Waals surface area contributed by atoms with E-state index in [1.165, 1.54) is 0 Å². The number of carbonyl (C=O) groups is 1. The van der Waals surface area contributed by atoms with Crippen LogP contribution in [0.4, 0.5) is 0 Å². The summed E-state index contributed by atoms with van der Waals surface area (Å²) in [6.45, 7) is 2.13. The lowest BCUT2D eigenvalue weighted by atomic mass is 10.1. The number of nitriles is 1. The second-order valence-electron chi connectivity index (χ2n) is 4.80. The van der Waals surface area contributed by atoms with Crippen molar-refractivity contribution in [2.75, 3.05) is 0 Å². The lowest BCUT2D eigenvalue weighted by Crippen LogP contribution is -2.09. The molecule has 0 spiro atoms. The van der Waals surface area contributed by atoms with Gasteiger partial charge in [0, 0.05) is 0 Å². The molecular formula is C18H17NO2. The number of esters is 1. The first-order valence-corrected chi connectivity index (χ1v) is 7.05. The summed E-state index contributed by atoms with van der Waals surface area (Å²) in [7, 11) is 0. The van der Waals surface area contributed by atoms with Crippen molar-refractivity contribution >= 4 is 5.97 Å². The first-order valence-electron chi connectivity index (χ1n) is 7.05. The molecular weight excluding hydrogens is 262 g/mol. The largest absolute Gasteiger partial charge is 0.422 e. The van der Waals surface area contributed by atoms with Crippen LogP contribution < -0.4 is 4.74 Å². The van der Waals surface area contributed by atoms with Gasteiger partial charge in [0.25, 0.3) is 0 Å².